The summed E-state index contributed by atoms with van der Waals surface area (Å²) in [6, 6.07) is 3.41. The fourth-order valence-corrected chi connectivity index (χ4v) is 3.63. The smallest absolute Gasteiger partial charge is 0.160 e. The van der Waals surface area contributed by atoms with Crippen molar-refractivity contribution in [3.8, 4) is 0 Å². The Morgan fingerprint density at radius 2 is 1.94 bits per heavy atom. The molecule has 4 nitrogen and oxygen atoms in total. The summed E-state index contributed by atoms with van der Waals surface area (Å²) >= 11 is 3.18. The molecule has 0 bridgehead atoms. The minimum absolute atomic E-state index is 0.0721. The molecule has 2 N–H and O–H groups in total. The van der Waals surface area contributed by atoms with Crippen molar-refractivity contribution >= 4 is 31.5 Å². The summed E-state index contributed by atoms with van der Waals surface area (Å²) in [5.41, 5.74) is 6.61. The molecule has 0 aromatic heterocycles. The van der Waals surface area contributed by atoms with Gasteiger partial charge in [-0.15, -0.1) is 0 Å². The first-order valence-corrected chi connectivity index (χ1v) is 8.18. The zero-order valence-corrected chi connectivity index (χ0v) is 12.1. The van der Waals surface area contributed by atoms with Crippen LogP contribution in [-0.2, 0) is 16.4 Å². The molecular weight excluding hydrogens is 323 g/mol. The average Bonchev–Trinajstić information content (AvgIpc) is 2.33. The van der Waals surface area contributed by atoms with E-state index in [4.69, 9.17) is 5.73 Å². The van der Waals surface area contributed by atoms with Gasteiger partial charge in [-0.05, 0) is 27.6 Å². The largest absolute Gasteiger partial charge is 0.367 e. The second-order valence-electron chi connectivity index (χ2n) is 4.21. The van der Waals surface area contributed by atoms with E-state index in [9.17, 15) is 12.8 Å². The van der Waals surface area contributed by atoms with Crippen LogP contribution in [0.25, 0.3) is 0 Å². The average molecular weight is 337 g/mol. The van der Waals surface area contributed by atoms with E-state index in [1.54, 1.807) is 17.0 Å². The van der Waals surface area contributed by atoms with Crippen LogP contribution in [0.15, 0.2) is 16.6 Å². The third-order valence-electron chi connectivity index (χ3n) is 3.05. The van der Waals surface area contributed by atoms with Crippen molar-refractivity contribution in [2.24, 2.45) is 5.73 Å². The Morgan fingerprint density at radius 1 is 1.33 bits per heavy atom. The highest BCUT2D eigenvalue weighted by molar-refractivity contribution is 9.10. The maximum Gasteiger partial charge on any atom is 0.160 e. The van der Waals surface area contributed by atoms with Crippen molar-refractivity contribution in [3.63, 3.8) is 0 Å². The molecule has 18 heavy (non-hydrogen) atoms. The standard InChI is InChI=1S/C11H14BrFN2O2S/c12-10-8(7-14)1-2-9(11(10)13)15-3-5-18(16,17)6-4-15/h1-2H,3-7,14H2. The third kappa shape index (κ3) is 2.67. The lowest BCUT2D eigenvalue weighted by Gasteiger charge is -2.29. The van der Waals surface area contributed by atoms with E-state index in [0.29, 0.717) is 28.8 Å². The second-order valence-corrected chi connectivity index (χ2v) is 7.31. The Bertz CT molecular complexity index is 548. The van der Waals surface area contributed by atoms with Gasteiger partial charge in [-0.2, -0.15) is 0 Å². The molecule has 0 spiro atoms. The van der Waals surface area contributed by atoms with E-state index < -0.39 is 9.84 Å². The van der Waals surface area contributed by atoms with Crippen LogP contribution in [0.3, 0.4) is 0 Å². The Hall–Kier alpha value is -0.660. The van der Waals surface area contributed by atoms with Gasteiger partial charge >= 0.3 is 0 Å². The van der Waals surface area contributed by atoms with Crippen LogP contribution in [0, 0.1) is 5.82 Å². The summed E-state index contributed by atoms with van der Waals surface area (Å²) in [7, 11) is -2.96. The fraction of sp³-hybridized carbons (Fsp3) is 0.455. The number of rotatable bonds is 2. The lowest BCUT2D eigenvalue weighted by molar-refractivity contribution is 0.580. The van der Waals surface area contributed by atoms with Gasteiger partial charge in [0.05, 0.1) is 21.7 Å². The first-order valence-electron chi connectivity index (χ1n) is 5.57. The SMILES string of the molecule is NCc1ccc(N2CCS(=O)(=O)CC2)c(F)c1Br. The van der Waals surface area contributed by atoms with Crippen molar-refractivity contribution in [3.05, 3.63) is 28.0 Å². The minimum atomic E-state index is -2.96. The minimum Gasteiger partial charge on any atom is -0.367 e. The van der Waals surface area contributed by atoms with E-state index in [2.05, 4.69) is 15.9 Å². The highest BCUT2D eigenvalue weighted by Gasteiger charge is 2.24. The monoisotopic (exact) mass is 336 g/mol. The lowest BCUT2D eigenvalue weighted by Crippen LogP contribution is -2.40. The molecule has 1 aliphatic heterocycles. The molecule has 0 atom stereocenters. The molecular formula is C11H14BrFN2O2S. The first-order chi connectivity index (χ1) is 8.44. The number of hydrogen-bond acceptors (Lipinski definition) is 4. The fourth-order valence-electron chi connectivity index (χ4n) is 1.93. The number of nitrogens with two attached hydrogens (primary N) is 1. The zero-order chi connectivity index (χ0) is 13.3. The van der Waals surface area contributed by atoms with Gasteiger partial charge in [-0.3, -0.25) is 0 Å². The zero-order valence-electron chi connectivity index (χ0n) is 9.70. The normalized spacial score (nSPS) is 18.9. The van der Waals surface area contributed by atoms with Crippen molar-refractivity contribution in [1.29, 1.82) is 0 Å². The molecule has 1 heterocycles. The number of nitrogens with zero attached hydrogens (tertiary/aromatic N) is 1. The van der Waals surface area contributed by atoms with E-state index in [1.165, 1.54) is 0 Å². The molecule has 1 aliphatic rings. The molecule has 0 radical (unpaired) electrons. The molecule has 0 amide bonds. The van der Waals surface area contributed by atoms with Crippen molar-refractivity contribution in [1.82, 2.24) is 0 Å². The third-order valence-corrected chi connectivity index (χ3v) is 5.51. The Morgan fingerprint density at radius 3 is 2.50 bits per heavy atom. The Balaban J connectivity index is 2.28. The van der Waals surface area contributed by atoms with Gasteiger partial charge in [0, 0.05) is 19.6 Å². The number of halogens is 2. The quantitative estimate of drug-likeness (QED) is 0.883. The predicted octanol–water partition coefficient (Wildman–Crippen LogP) is 1.28. The van der Waals surface area contributed by atoms with Crippen LogP contribution >= 0.6 is 15.9 Å². The summed E-state index contributed by atoms with van der Waals surface area (Å²) in [5.74, 6) is -0.233. The van der Waals surface area contributed by atoms with E-state index in [-0.39, 0.29) is 23.9 Å². The van der Waals surface area contributed by atoms with Gasteiger partial charge in [0.15, 0.2) is 15.7 Å². The van der Waals surface area contributed by atoms with Crippen LogP contribution in [0.1, 0.15) is 5.56 Å². The van der Waals surface area contributed by atoms with E-state index >= 15 is 0 Å². The molecule has 1 aromatic carbocycles. The number of anilines is 1. The second kappa shape index (κ2) is 5.14. The predicted molar refractivity (Wildman–Crippen MR) is 72.9 cm³/mol. The molecule has 1 aromatic rings. The molecule has 0 aliphatic carbocycles. The summed E-state index contributed by atoms with van der Waals surface area (Å²) in [4.78, 5) is 1.75. The number of hydrogen-bond donors (Lipinski definition) is 1. The van der Waals surface area contributed by atoms with E-state index in [0.717, 1.165) is 0 Å². The molecule has 0 unspecified atom stereocenters. The molecule has 2 rings (SSSR count). The Labute approximate surface area is 114 Å². The maximum absolute atomic E-state index is 14.1. The first kappa shape index (κ1) is 13.8. The summed E-state index contributed by atoms with van der Waals surface area (Å²) in [6.07, 6.45) is 0. The summed E-state index contributed by atoms with van der Waals surface area (Å²) in [5, 5.41) is 0. The van der Waals surface area contributed by atoms with Crippen molar-refractivity contribution in [2.75, 3.05) is 29.5 Å². The highest BCUT2D eigenvalue weighted by Crippen LogP contribution is 2.30. The topological polar surface area (TPSA) is 63.4 Å². The molecule has 100 valence electrons. The molecule has 7 heteroatoms. The van der Waals surface area contributed by atoms with Gasteiger partial charge in [0.1, 0.15) is 0 Å². The number of benzene rings is 1. The maximum atomic E-state index is 14.1. The van der Waals surface area contributed by atoms with Gasteiger partial charge in [0.2, 0.25) is 0 Å². The van der Waals surface area contributed by atoms with Crippen LogP contribution in [0.5, 0.6) is 0 Å². The van der Waals surface area contributed by atoms with Crippen LogP contribution in [0.4, 0.5) is 10.1 Å². The van der Waals surface area contributed by atoms with Gasteiger partial charge in [-0.1, -0.05) is 6.07 Å². The van der Waals surface area contributed by atoms with Crippen molar-refractivity contribution in [2.45, 2.75) is 6.54 Å². The van der Waals surface area contributed by atoms with Crippen LogP contribution in [0.2, 0.25) is 0 Å². The van der Waals surface area contributed by atoms with Gasteiger partial charge < -0.3 is 10.6 Å². The molecule has 1 fully saturated rings. The van der Waals surface area contributed by atoms with E-state index in [1.807, 2.05) is 0 Å². The van der Waals surface area contributed by atoms with Crippen LogP contribution in [-0.4, -0.2) is 33.0 Å². The molecule has 1 saturated heterocycles. The highest BCUT2D eigenvalue weighted by atomic mass is 79.9. The summed E-state index contributed by atoms with van der Waals surface area (Å²) in [6.45, 7) is 0.910. The Kier molecular flexibility index (Phi) is 3.93. The lowest BCUT2D eigenvalue weighted by atomic mass is 10.2. The van der Waals surface area contributed by atoms with Crippen LogP contribution < -0.4 is 10.6 Å². The van der Waals surface area contributed by atoms with Gasteiger partial charge in [-0.25, -0.2) is 12.8 Å². The number of sulfone groups is 1. The van der Waals surface area contributed by atoms with Crippen molar-refractivity contribution < 1.29 is 12.8 Å². The van der Waals surface area contributed by atoms with Gasteiger partial charge in [0.25, 0.3) is 0 Å². The molecule has 0 saturated carbocycles. The summed E-state index contributed by atoms with van der Waals surface area (Å²) < 4.78 is 37.2.